The molecule has 1 aromatic rings. The number of halogens is 3. The van der Waals surface area contributed by atoms with Gasteiger partial charge in [-0.3, -0.25) is 4.79 Å². The minimum atomic E-state index is -1.56. The number of nitrogens with two attached hydrogens (primary N) is 1. The Kier molecular flexibility index (Phi) is 3.80. The lowest BCUT2D eigenvalue weighted by Gasteiger charge is -2.35. The quantitative estimate of drug-likeness (QED) is 0.794. The summed E-state index contributed by atoms with van der Waals surface area (Å²) in [4.78, 5) is 13.6. The Bertz CT molecular complexity index is 484. The van der Waals surface area contributed by atoms with Crippen molar-refractivity contribution in [3.63, 3.8) is 0 Å². The number of likely N-dealkylation sites (tertiary alicyclic amines) is 1. The second kappa shape index (κ2) is 5.21. The topological polar surface area (TPSA) is 46.3 Å². The summed E-state index contributed by atoms with van der Waals surface area (Å²) in [5, 5.41) is 0. The summed E-state index contributed by atoms with van der Waals surface area (Å²) in [6.45, 7) is 2.78. The standard InChI is InChI=1S/C13H15F3N2O/c1-7-6-18(3-2-11(7)17)13(19)8-4-9(14)12(16)10(15)5-8/h4-5,7,11H,2-3,6,17H2,1H3. The number of rotatable bonds is 1. The molecule has 1 aliphatic heterocycles. The molecule has 0 aromatic heterocycles. The minimum Gasteiger partial charge on any atom is -0.338 e. The van der Waals surface area contributed by atoms with Crippen molar-refractivity contribution in [2.45, 2.75) is 19.4 Å². The number of amides is 1. The minimum absolute atomic E-state index is 0.0192. The summed E-state index contributed by atoms with van der Waals surface area (Å²) in [6, 6.07) is 1.46. The predicted molar refractivity (Wildman–Crippen MR) is 64.0 cm³/mol. The summed E-state index contributed by atoms with van der Waals surface area (Å²) in [6.07, 6.45) is 0.638. The highest BCUT2D eigenvalue weighted by Gasteiger charge is 2.27. The molecule has 1 aromatic carbocycles. The van der Waals surface area contributed by atoms with E-state index >= 15 is 0 Å². The monoisotopic (exact) mass is 272 g/mol. The normalized spacial score (nSPS) is 23.5. The molecule has 0 spiro atoms. The van der Waals surface area contributed by atoms with Crippen molar-refractivity contribution in [1.29, 1.82) is 0 Å². The van der Waals surface area contributed by atoms with E-state index in [1.165, 1.54) is 4.90 Å². The molecule has 3 nitrogen and oxygen atoms in total. The zero-order valence-electron chi connectivity index (χ0n) is 10.5. The van der Waals surface area contributed by atoms with Crippen LogP contribution in [-0.2, 0) is 0 Å². The van der Waals surface area contributed by atoms with Gasteiger partial charge in [-0.15, -0.1) is 0 Å². The maximum absolute atomic E-state index is 13.1. The summed E-state index contributed by atoms with van der Waals surface area (Å²) in [5.41, 5.74) is 5.66. The second-order valence-corrected chi connectivity index (χ2v) is 4.93. The molecule has 0 bridgehead atoms. The van der Waals surface area contributed by atoms with Gasteiger partial charge in [0.15, 0.2) is 17.5 Å². The molecule has 1 amide bonds. The molecule has 1 fully saturated rings. The lowest BCUT2D eigenvalue weighted by molar-refractivity contribution is 0.0663. The third-order valence-electron chi connectivity index (χ3n) is 3.49. The van der Waals surface area contributed by atoms with Gasteiger partial charge in [0.05, 0.1) is 0 Å². The van der Waals surface area contributed by atoms with E-state index in [9.17, 15) is 18.0 Å². The van der Waals surface area contributed by atoms with E-state index in [0.717, 1.165) is 12.1 Å². The van der Waals surface area contributed by atoms with Crippen LogP contribution >= 0.6 is 0 Å². The van der Waals surface area contributed by atoms with E-state index in [4.69, 9.17) is 5.73 Å². The van der Waals surface area contributed by atoms with Crippen LogP contribution in [0.1, 0.15) is 23.7 Å². The Morgan fingerprint density at radius 1 is 1.32 bits per heavy atom. The van der Waals surface area contributed by atoms with E-state index in [0.29, 0.717) is 19.5 Å². The van der Waals surface area contributed by atoms with E-state index in [1.54, 1.807) is 0 Å². The zero-order chi connectivity index (χ0) is 14.2. The third-order valence-corrected chi connectivity index (χ3v) is 3.49. The number of nitrogens with zero attached hydrogens (tertiary/aromatic N) is 1. The third kappa shape index (κ3) is 2.73. The van der Waals surface area contributed by atoms with E-state index < -0.39 is 23.4 Å². The molecule has 19 heavy (non-hydrogen) atoms. The molecule has 2 unspecified atom stereocenters. The van der Waals surface area contributed by atoms with Crippen LogP contribution in [0.3, 0.4) is 0 Å². The smallest absolute Gasteiger partial charge is 0.254 e. The van der Waals surface area contributed by atoms with Gasteiger partial charge in [-0.25, -0.2) is 13.2 Å². The molecule has 0 aliphatic carbocycles. The molecule has 2 N–H and O–H groups in total. The van der Waals surface area contributed by atoms with Gasteiger partial charge in [-0.2, -0.15) is 0 Å². The Morgan fingerprint density at radius 3 is 2.42 bits per heavy atom. The van der Waals surface area contributed by atoms with Gasteiger partial charge in [-0.1, -0.05) is 6.92 Å². The van der Waals surface area contributed by atoms with Crippen LogP contribution in [0.15, 0.2) is 12.1 Å². The molecule has 2 rings (SSSR count). The number of carbonyl (C=O) groups is 1. The molecule has 6 heteroatoms. The first-order valence-electron chi connectivity index (χ1n) is 6.09. The van der Waals surface area contributed by atoms with Gasteiger partial charge in [-0.05, 0) is 24.5 Å². The highest BCUT2D eigenvalue weighted by molar-refractivity contribution is 5.94. The summed E-state index contributed by atoms with van der Waals surface area (Å²) in [7, 11) is 0. The van der Waals surface area contributed by atoms with E-state index in [1.807, 2.05) is 6.92 Å². The van der Waals surface area contributed by atoms with Gasteiger partial charge >= 0.3 is 0 Å². The fourth-order valence-electron chi connectivity index (χ4n) is 2.21. The fourth-order valence-corrected chi connectivity index (χ4v) is 2.21. The number of hydrogen-bond acceptors (Lipinski definition) is 2. The number of benzene rings is 1. The fraction of sp³-hybridized carbons (Fsp3) is 0.462. The van der Waals surface area contributed by atoms with E-state index in [2.05, 4.69) is 0 Å². The summed E-state index contributed by atoms with van der Waals surface area (Å²) >= 11 is 0. The first-order valence-corrected chi connectivity index (χ1v) is 6.09. The van der Waals surface area contributed by atoms with Gasteiger partial charge < -0.3 is 10.6 Å². The van der Waals surface area contributed by atoms with Crippen LogP contribution in [0.2, 0.25) is 0 Å². The highest BCUT2D eigenvalue weighted by atomic mass is 19.2. The average Bonchev–Trinajstić information content (AvgIpc) is 2.37. The second-order valence-electron chi connectivity index (χ2n) is 4.93. The summed E-state index contributed by atoms with van der Waals surface area (Å²) in [5.74, 6) is -4.66. The maximum Gasteiger partial charge on any atom is 0.254 e. The van der Waals surface area contributed by atoms with Crippen molar-refractivity contribution < 1.29 is 18.0 Å². The van der Waals surface area contributed by atoms with Crippen LogP contribution in [0.25, 0.3) is 0 Å². The molecular weight excluding hydrogens is 257 g/mol. The predicted octanol–water partition coefficient (Wildman–Crippen LogP) is 1.91. The molecule has 1 aliphatic rings. The van der Waals surface area contributed by atoms with Crippen molar-refractivity contribution in [2.75, 3.05) is 13.1 Å². The molecule has 1 heterocycles. The van der Waals surface area contributed by atoms with Gasteiger partial charge in [0, 0.05) is 24.7 Å². The van der Waals surface area contributed by atoms with E-state index in [-0.39, 0.29) is 17.5 Å². The lowest BCUT2D eigenvalue weighted by Crippen LogP contribution is -2.48. The zero-order valence-corrected chi connectivity index (χ0v) is 10.5. The first-order chi connectivity index (χ1) is 8.90. The lowest BCUT2D eigenvalue weighted by atomic mass is 9.94. The highest BCUT2D eigenvalue weighted by Crippen LogP contribution is 2.19. The SMILES string of the molecule is CC1CN(C(=O)c2cc(F)c(F)c(F)c2)CCC1N. The maximum atomic E-state index is 13.1. The van der Waals surface area contributed by atoms with Crippen LogP contribution in [-0.4, -0.2) is 29.9 Å². The first kappa shape index (κ1) is 13.9. The van der Waals surface area contributed by atoms with Crippen molar-refractivity contribution in [2.24, 2.45) is 11.7 Å². The van der Waals surface area contributed by atoms with Gasteiger partial charge in [0.2, 0.25) is 0 Å². The molecule has 0 radical (unpaired) electrons. The number of carbonyl (C=O) groups excluding carboxylic acids is 1. The average molecular weight is 272 g/mol. The van der Waals surface area contributed by atoms with Crippen LogP contribution < -0.4 is 5.73 Å². The molecule has 1 saturated heterocycles. The largest absolute Gasteiger partial charge is 0.338 e. The molecule has 0 saturated carbocycles. The molecule has 2 atom stereocenters. The Morgan fingerprint density at radius 2 is 1.89 bits per heavy atom. The number of piperidine rings is 1. The van der Waals surface area contributed by atoms with Crippen molar-refractivity contribution in [3.8, 4) is 0 Å². The van der Waals surface area contributed by atoms with Crippen LogP contribution in [0.5, 0.6) is 0 Å². The van der Waals surface area contributed by atoms with Crippen molar-refractivity contribution >= 4 is 5.91 Å². The Labute approximate surface area is 109 Å². The Balaban J connectivity index is 2.20. The number of hydrogen-bond donors (Lipinski definition) is 1. The van der Waals surface area contributed by atoms with Gasteiger partial charge in [0.25, 0.3) is 5.91 Å². The molecular formula is C13H15F3N2O. The van der Waals surface area contributed by atoms with Crippen LogP contribution in [0, 0.1) is 23.4 Å². The summed E-state index contributed by atoms with van der Waals surface area (Å²) < 4.78 is 39.0. The van der Waals surface area contributed by atoms with Crippen LogP contribution in [0.4, 0.5) is 13.2 Å². The van der Waals surface area contributed by atoms with Crippen molar-refractivity contribution in [3.05, 3.63) is 35.1 Å². The van der Waals surface area contributed by atoms with Crippen molar-refractivity contribution in [1.82, 2.24) is 4.90 Å². The molecule has 104 valence electrons. The Hall–Kier alpha value is -1.56. The van der Waals surface area contributed by atoms with Gasteiger partial charge in [0.1, 0.15) is 0 Å².